The van der Waals surface area contributed by atoms with E-state index >= 15 is 0 Å². The Morgan fingerprint density at radius 1 is 1.15 bits per heavy atom. The van der Waals surface area contributed by atoms with Gasteiger partial charge in [-0.3, -0.25) is 4.79 Å². The molecule has 0 aliphatic heterocycles. The highest BCUT2D eigenvalue weighted by molar-refractivity contribution is 9.10. The summed E-state index contributed by atoms with van der Waals surface area (Å²) < 4.78 is 0.779. The molecule has 0 bridgehead atoms. The van der Waals surface area contributed by atoms with Crippen molar-refractivity contribution < 1.29 is 4.79 Å². The van der Waals surface area contributed by atoms with Crippen molar-refractivity contribution in [2.24, 2.45) is 0 Å². The first-order valence-electron chi connectivity index (χ1n) is 5.92. The SMILES string of the molecule is CN(Cc1cc(Cl)cc(Cl)c1)C(=O)c1ccccc1Br. The van der Waals surface area contributed by atoms with E-state index in [1.807, 2.05) is 18.2 Å². The van der Waals surface area contributed by atoms with Gasteiger partial charge in [0.2, 0.25) is 0 Å². The Balaban J connectivity index is 2.18. The lowest BCUT2D eigenvalue weighted by molar-refractivity contribution is 0.0784. The molecule has 0 saturated heterocycles. The molecule has 2 aromatic carbocycles. The minimum absolute atomic E-state index is 0.0615. The fourth-order valence-corrected chi connectivity index (χ4v) is 2.91. The third-order valence-corrected chi connectivity index (χ3v) is 3.92. The lowest BCUT2D eigenvalue weighted by Crippen LogP contribution is -2.26. The molecule has 0 atom stereocenters. The van der Waals surface area contributed by atoms with E-state index in [4.69, 9.17) is 23.2 Å². The molecule has 2 rings (SSSR count). The van der Waals surface area contributed by atoms with Crippen molar-refractivity contribution in [2.45, 2.75) is 6.54 Å². The summed E-state index contributed by atoms with van der Waals surface area (Å²) in [6.07, 6.45) is 0. The van der Waals surface area contributed by atoms with Crippen LogP contribution in [0.25, 0.3) is 0 Å². The maximum absolute atomic E-state index is 12.4. The minimum atomic E-state index is -0.0615. The number of benzene rings is 2. The van der Waals surface area contributed by atoms with Crippen LogP contribution in [-0.4, -0.2) is 17.9 Å². The van der Waals surface area contributed by atoms with E-state index in [0.717, 1.165) is 10.0 Å². The normalized spacial score (nSPS) is 10.4. The average Bonchev–Trinajstić information content (AvgIpc) is 2.37. The van der Waals surface area contributed by atoms with Crippen molar-refractivity contribution in [1.29, 1.82) is 0 Å². The van der Waals surface area contributed by atoms with Gasteiger partial charge in [0.1, 0.15) is 0 Å². The summed E-state index contributed by atoms with van der Waals surface area (Å²) in [7, 11) is 1.75. The third kappa shape index (κ3) is 3.75. The maximum Gasteiger partial charge on any atom is 0.255 e. The zero-order chi connectivity index (χ0) is 14.7. The van der Waals surface area contributed by atoms with Gasteiger partial charge in [0, 0.05) is 28.1 Å². The molecule has 20 heavy (non-hydrogen) atoms. The first-order chi connectivity index (χ1) is 9.47. The molecule has 5 heteroatoms. The second-order valence-electron chi connectivity index (χ2n) is 4.42. The van der Waals surface area contributed by atoms with Crippen LogP contribution in [0.3, 0.4) is 0 Å². The van der Waals surface area contributed by atoms with Gasteiger partial charge in [-0.15, -0.1) is 0 Å². The van der Waals surface area contributed by atoms with Gasteiger partial charge >= 0.3 is 0 Å². The van der Waals surface area contributed by atoms with Crippen molar-refractivity contribution in [3.63, 3.8) is 0 Å². The largest absolute Gasteiger partial charge is 0.337 e. The Kier molecular flexibility index (Phi) is 5.08. The van der Waals surface area contributed by atoms with Crippen LogP contribution in [0.1, 0.15) is 15.9 Å². The average molecular weight is 373 g/mol. The molecule has 0 aliphatic rings. The quantitative estimate of drug-likeness (QED) is 0.739. The molecule has 0 radical (unpaired) electrons. The van der Waals surface area contributed by atoms with Gasteiger partial charge in [0.05, 0.1) is 5.56 Å². The molecule has 0 aromatic heterocycles. The Morgan fingerprint density at radius 3 is 2.35 bits per heavy atom. The van der Waals surface area contributed by atoms with Crippen LogP contribution in [0.4, 0.5) is 0 Å². The highest BCUT2D eigenvalue weighted by Crippen LogP contribution is 2.22. The Labute approximate surface area is 136 Å². The molecule has 0 saturated carbocycles. The van der Waals surface area contributed by atoms with E-state index in [1.54, 1.807) is 36.2 Å². The second-order valence-corrected chi connectivity index (χ2v) is 6.15. The van der Waals surface area contributed by atoms with Gasteiger partial charge in [-0.1, -0.05) is 35.3 Å². The highest BCUT2D eigenvalue weighted by Gasteiger charge is 2.14. The Morgan fingerprint density at radius 2 is 1.75 bits per heavy atom. The van der Waals surface area contributed by atoms with Crippen molar-refractivity contribution in [1.82, 2.24) is 4.90 Å². The van der Waals surface area contributed by atoms with E-state index in [9.17, 15) is 4.79 Å². The fraction of sp³-hybridized carbons (Fsp3) is 0.133. The lowest BCUT2D eigenvalue weighted by Gasteiger charge is -2.18. The monoisotopic (exact) mass is 371 g/mol. The maximum atomic E-state index is 12.4. The molecule has 0 spiro atoms. The molecular weight excluding hydrogens is 361 g/mol. The number of hydrogen-bond acceptors (Lipinski definition) is 1. The molecule has 0 aliphatic carbocycles. The number of nitrogens with zero attached hydrogens (tertiary/aromatic N) is 1. The van der Waals surface area contributed by atoms with Gasteiger partial charge in [-0.25, -0.2) is 0 Å². The van der Waals surface area contributed by atoms with E-state index in [-0.39, 0.29) is 5.91 Å². The van der Waals surface area contributed by atoms with Crippen LogP contribution in [0.5, 0.6) is 0 Å². The van der Waals surface area contributed by atoms with Crippen LogP contribution < -0.4 is 0 Å². The minimum Gasteiger partial charge on any atom is -0.337 e. The number of halogens is 3. The van der Waals surface area contributed by atoms with Crippen molar-refractivity contribution >= 4 is 45.0 Å². The van der Waals surface area contributed by atoms with E-state index in [2.05, 4.69) is 15.9 Å². The van der Waals surface area contributed by atoms with Crippen molar-refractivity contribution in [3.8, 4) is 0 Å². The van der Waals surface area contributed by atoms with E-state index in [0.29, 0.717) is 22.2 Å². The third-order valence-electron chi connectivity index (χ3n) is 2.79. The molecule has 2 aromatic rings. The fourth-order valence-electron chi connectivity index (χ4n) is 1.89. The summed E-state index contributed by atoms with van der Waals surface area (Å²) in [6.45, 7) is 0.445. The van der Waals surface area contributed by atoms with Crippen molar-refractivity contribution in [3.05, 3.63) is 68.1 Å². The first kappa shape index (κ1) is 15.4. The van der Waals surface area contributed by atoms with Crippen LogP contribution in [0.2, 0.25) is 10.0 Å². The van der Waals surface area contributed by atoms with Gasteiger partial charge in [-0.05, 0) is 51.8 Å². The molecule has 0 heterocycles. The Bertz CT molecular complexity index is 625. The number of hydrogen-bond donors (Lipinski definition) is 0. The van der Waals surface area contributed by atoms with Gasteiger partial charge in [0.15, 0.2) is 0 Å². The molecule has 2 nitrogen and oxygen atoms in total. The smallest absolute Gasteiger partial charge is 0.255 e. The van der Waals surface area contributed by atoms with Crippen LogP contribution in [0.15, 0.2) is 46.9 Å². The predicted octanol–water partition coefficient (Wildman–Crippen LogP) is 5.03. The van der Waals surface area contributed by atoms with Gasteiger partial charge in [0.25, 0.3) is 5.91 Å². The van der Waals surface area contributed by atoms with Crippen molar-refractivity contribution in [2.75, 3.05) is 7.05 Å². The second kappa shape index (κ2) is 6.61. The molecule has 0 N–H and O–H groups in total. The van der Waals surface area contributed by atoms with E-state index in [1.165, 1.54) is 0 Å². The number of amides is 1. The number of carbonyl (C=O) groups excluding carboxylic acids is 1. The van der Waals surface area contributed by atoms with Crippen LogP contribution >= 0.6 is 39.1 Å². The Hall–Kier alpha value is -1.03. The summed E-state index contributed by atoms with van der Waals surface area (Å²) >= 11 is 15.3. The standard InChI is InChI=1S/C15H12BrCl2NO/c1-19(9-10-6-11(17)8-12(18)7-10)15(20)13-4-2-3-5-14(13)16/h2-8H,9H2,1H3. The van der Waals surface area contributed by atoms with Gasteiger partial charge in [-0.2, -0.15) is 0 Å². The molecule has 1 amide bonds. The summed E-state index contributed by atoms with van der Waals surface area (Å²) in [5, 5.41) is 1.13. The molecule has 104 valence electrons. The predicted molar refractivity (Wildman–Crippen MR) is 86.4 cm³/mol. The molecular formula is C15H12BrCl2NO. The van der Waals surface area contributed by atoms with Crippen LogP contribution in [-0.2, 0) is 6.54 Å². The summed E-state index contributed by atoms with van der Waals surface area (Å²) in [5.41, 5.74) is 1.52. The zero-order valence-electron chi connectivity index (χ0n) is 10.7. The summed E-state index contributed by atoms with van der Waals surface area (Å²) in [6, 6.07) is 12.6. The highest BCUT2D eigenvalue weighted by atomic mass is 79.9. The summed E-state index contributed by atoms with van der Waals surface area (Å²) in [5.74, 6) is -0.0615. The van der Waals surface area contributed by atoms with E-state index < -0.39 is 0 Å². The number of carbonyl (C=O) groups is 1. The van der Waals surface area contributed by atoms with Crippen LogP contribution in [0, 0.1) is 0 Å². The molecule has 0 unspecified atom stereocenters. The molecule has 0 fully saturated rings. The summed E-state index contributed by atoms with van der Waals surface area (Å²) in [4.78, 5) is 14.0. The lowest BCUT2D eigenvalue weighted by atomic mass is 10.1. The van der Waals surface area contributed by atoms with Gasteiger partial charge < -0.3 is 4.90 Å². The first-order valence-corrected chi connectivity index (χ1v) is 7.47. The number of rotatable bonds is 3. The zero-order valence-corrected chi connectivity index (χ0v) is 13.8. The topological polar surface area (TPSA) is 20.3 Å².